The average molecular weight is 430 g/mol. The summed E-state index contributed by atoms with van der Waals surface area (Å²) in [6.45, 7) is 0. The maximum absolute atomic E-state index is 12.6. The number of nitrogens with one attached hydrogen (secondary N) is 3. The van der Waals surface area contributed by atoms with Gasteiger partial charge in [-0.25, -0.2) is 0 Å². The van der Waals surface area contributed by atoms with E-state index < -0.39 is 11.9 Å². The molecule has 8 nitrogen and oxygen atoms in total. The van der Waals surface area contributed by atoms with Crippen LogP contribution in [0.3, 0.4) is 0 Å². The van der Waals surface area contributed by atoms with Crippen LogP contribution < -0.4 is 16.4 Å². The molecule has 2 aromatic heterocycles. The van der Waals surface area contributed by atoms with Gasteiger partial charge in [0.05, 0.1) is 18.0 Å². The third-order valence-electron chi connectivity index (χ3n) is 4.92. The molecule has 0 bridgehead atoms. The molecule has 6 N–H and O–H groups in total. The molecular formula is C24H22N4O4. The molecule has 1 atom stereocenters. The molecule has 0 fully saturated rings. The Hall–Kier alpha value is -4.30. The third kappa shape index (κ3) is 4.88. The number of furan rings is 1. The van der Waals surface area contributed by atoms with Gasteiger partial charge in [-0.1, -0.05) is 18.2 Å². The van der Waals surface area contributed by atoms with Crippen molar-refractivity contribution in [3.05, 3.63) is 84.5 Å². The van der Waals surface area contributed by atoms with Gasteiger partial charge in [0.1, 0.15) is 11.5 Å². The number of hydrogen-bond acceptors (Lipinski definition) is 5. The van der Waals surface area contributed by atoms with Gasteiger partial charge in [0.2, 0.25) is 11.8 Å². The third-order valence-corrected chi connectivity index (χ3v) is 4.92. The summed E-state index contributed by atoms with van der Waals surface area (Å²) in [4.78, 5) is 27.9. The van der Waals surface area contributed by atoms with Gasteiger partial charge in [-0.15, -0.1) is 0 Å². The normalized spacial score (nSPS) is 12.2. The molecule has 0 radical (unpaired) electrons. The summed E-state index contributed by atoms with van der Waals surface area (Å²) in [5, 5.41) is 16.4. The van der Waals surface area contributed by atoms with Crippen molar-refractivity contribution in [2.45, 2.75) is 12.5 Å². The van der Waals surface area contributed by atoms with E-state index in [0.717, 1.165) is 16.5 Å². The van der Waals surface area contributed by atoms with Crippen molar-refractivity contribution in [3.8, 4) is 5.75 Å². The zero-order chi connectivity index (χ0) is 22.5. The number of carbonyl (C=O) groups is 2. The second kappa shape index (κ2) is 9.23. The van der Waals surface area contributed by atoms with Gasteiger partial charge < -0.3 is 30.9 Å². The second-order valence-corrected chi connectivity index (χ2v) is 7.23. The molecule has 4 rings (SSSR count). The van der Waals surface area contributed by atoms with E-state index in [1.54, 1.807) is 12.1 Å². The molecule has 2 aromatic carbocycles. The SMILES string of the molecule is N[C@@H](Cc1c[nH]c2ccccc12)C(=O)Nc1cc(NC(=O)C=Cc2ccco2)ccc1O. The molecule has 2 heterocycles. The van der Waals surface area contributed by atoms with Crippen molar-refractivity contribution >= 4 is 40.2 Å². The average Bonchev–Trinajstić information content (AvgIpc) is 3.45. The molecule has 0 unspecified atom stereocenters. The van der Waals surface area contributed by atoms with Gasteiger partial charge in [0.15, 0.2) is 0 Å². The molecule has 0 spiro atoms. The molecule has 162 valence electrons. The number of phenols is 1. The van der Waals surface area contributed by atoms with Crippen molar-refractivity contribution in [3.63, 3.8) is 0 Å². The highest BCUT2D eigenvalue weighted by Gasteiger charge is 2.18. The zero-order valence-electron chi connectivity index (χ0n) is 17.0. The van der Waals surface area contributed by atoms with E-state index in [1.165, 1.54) is 36.6 Å². The van der Waals surface area contributed by atoms with Crippen molar-refractivity contribution in [1.29, 1.82) is 0 Å². The minimum atomic E-state index is -0.830. The summed E-state index contributed by atoms with van der Waals surface area (Å²) in [6, 6.07) is 14.7. The quantitative estimate of drug-likeness (QED) is 0.173. The number of benzene rings is 2. The Bertz CT molecular complexity index is 1270. The lowest BCUT2D eigenvalue weighted by molar-refractivity contribution is -0.117. The standard InChI is InChI=1S/C24H22N4O4/c25-19(12-15-14-26-20-6-2-1-5-18(15)20)24(31)28-21-13-16(7-9-22(21)29)27-23(30)10-8-17-4-3-11-32-17/h1-11,13-14,19,26,29H,12,25H2,(H,27,30)(H,28,31)/t19-/m0/s1. The maximum Gasteiger partial charge on any atom is 0.248 e. The summed E-state index contributed by atoms with van der Waals surface area (Å²) < 4.78 is 5.13. The summed E-state index contributed by atoms with van der Waals surface area (Å²) >= 11 is 0. The second-order valence-electron chi connectivity index (χ2n) is 7.23. The highest BCUT2D eigenvalue weighted by molar-refractivity contribution is 6.03. The summed E-state index contributed by atoms with van der Waals surface area (Å²) in [5.74, 6) is -0.433. The van der Waals surface area contributed by atoms with Gasteiger partial charge in [0, 0.05) is 28.9 Å². The Morgan fingerprint density at radius 2 is 1.97 bits per heavy atom. The molecule has 4 aromatic rings. The van der Waals surface area contributed by atoms with Crippen LogP contribution in [0.4, 0.5) is 11.4 Å². The zero-order valence-corrected chi connectivity index (χ0v) is 17.0. The lowest BCUT2D eigenvalue weighted by Crippen LogP contribution is -2.37. The lowest BCUT2D eigenvalue weighted by atomic mass is 10.0. The van der Waals surface area contributed by atoms with E-state index in [-0.39, 0.29) is 17.3 Å². The number of aromatic nitrogens is 1. The first-order chi connectivity index (χ1) is 15.5. The molecule has 8 heteroatoms. The van der Waals surface area contributed by atoms with E-state index in [0.29, 0.717) is 17.9 Å². The number of H-pyrrole nitrogens is 1. The van der Waals surface area contributed by atoms with Gasteiger partial charge in [-0.2, -0.15) is 0 Å². The van der Waals surface area contributed by atoms with Crippen LogP contribution in [0.5, 0.6) is 5.75 Å². The summed E-state index contributed by atoms with van der Waals surface area (Å²) in [5.41, 5.74) is 8.55. The van der Waals surface area contributed by atoms with Gasteiger partial charge in [-0.05, 0) is 54.5 Å². The Morgan fingerprint density at radius 3 is 2.78 bits per heavy atom. The first-order valence-electron chi connectivity index (χ1n) is 9.96. The minimum absolute atomic E-state index is 0.137. The van der Waals surface area contributed by atoms with Crippen LogP contribution >= 0.6 is 0 Å². The van der Waals surface area contributed by atoms with Crippen LogP contribution in [0.15, 0.2) is 77.6 Å². The van der Waals surface area contributed by atoms with E-state index in [4.69, 9.17) is 10.2 Å². The van der Waals surface area contributed by atoms with Crippen LogP contribution in [0.1, 0.15) is 11.3 Å². The number of aromatic amines is 1. The largest absolute Gasteiger partial charge is 0.506 e. The van der Waals surface area contributed by atoms with Crippen molar-refractivity contribution < 1.29 is 19.1 Å². The highest BCUT2D eigenvalue weighted by atomic mass is 16.3. The molecule has 0 saturated heterocycles. The van der Waals surface area contributed by atoms with Crippen molar-refractivity contribution in [1.82, 2.24) is 4.98 Å². The number of fused-ring (bicyclic) bond motifs is 1. The monoisotopic (exact) mass is 430 g/mol. The highest BCUT2D eigenvalue weighted by Crippen LogP contribution is 2.27. The fraction of sp³-hybridized carbons (Fsp3) is 0.0833. The van der Waals surface area contributed by atoms with Crippen LogP contribution in [0.2, 0.25) is 0 Å². The number of carbonyl (C=O) groups excluding carboxylic acids is 2. The molecule has 32 heavy (non-hydrogen) atoms. The predicted octanol–water partition coefficient (Wildman–Crippen LogP) is 3.63. The Kier molecular flexibility index (Phi) is 6.05. The Morgan fingerprint density at radius 1 is 1.12 bits per heavy atom. The topological polar surface area (TPSA) is 133 Å². The van der Waals surface area contributed by atoms with Crippen molar-refractivity contribution in [2.24, 2.45) is 5.73 Å². The molecular weight excluding hydrogens is 408 g/mol. The van der Waals surface area contributed by atoms with Crippen LogP contribution in [0, 0.1) is 0 Å². The van der Waals surface area contributed by atoms with Crippen LogP contribution in [-0.4, -0.2) is 27.9 Å². The molecule has 0 saturated carbocycles. The number of phenolic OH excluding ortho intramolecular Hbond substituents is 1. The lowest BCUT2D eigenvalue weighted by Gasteiger charge is -2.14. The first kappa shape index (κ1) is 21.0. The number of nitrogens with two attached hydrogens (primary N) is 1. The van der Waals surface area contributed by atoms with E-state index in [2.05, 4.69) is 15.6 Å². The number of amides is 2. The summed E-state index contributed by atoms with van der Waals surface area (Å²) in [7, 11) is 0. The number of anilines is 2. The Balaban J connectivity index is 1.40. The van der Waals surface area contributed by atoms with Crippen LogP contribution in [-0.2, 0) is 16.0 Å². The number of aromatic hydroxyl groups is 1. The van der Waals surface area contributed by atoms with Gasteiger partial charge in [0.25, 0.3) is 0 Å². The number of hydrogen-bond donors (Lipinski definition) is 5. The summed E-state index contributed by atoms with van der Waals surface area (Å²) in [6.07, 6.45) is 6.52. The fourth-order valence-electron chi connectivity index (χ4n) is 3.30. The molecule has 0 aliphatic carbocycles. The number of rotatable bonds is 7. The smallest absolute Gasteiger partial charge is 0.248 e. The molecule has 0 aliphatic heterocycles. The molecule has 0 aliphatic rings. The van der Waals surface area contributed by atoms with E-state index in [1.807, 2.05) is 30.5 Å². The van der Waals surface area contributed by atoms with Crippen LogP contribution in [0.25, 0.3) is 17.0 Å². The first-order valence-corrected chi connectivity index (χ1v) is 9.96. The van der Waals surface area contributed by atoms with Gasteiger partial charge >= 0.3 is 0 Å². The predicted molar refractivity (Wildman–Crippen MR) is 123 cm³/mol. The van der Waals surface area contributed by atoms with E-state index >= 15 is 0 Å². The number of para-hydroxylation sites is 1. The fourth-order valence-corrected chi connectivity index (χ4v) is 3.30. The maximum atomic E-state index is 12.6. The Labute approximate surface area is 183 Å². The van der Waals surface area contributed by atoms with E-state index in [9.17, 15) is 14.7 Å². The van der Waals surface area contributed by atoms with Crippen molar-refractivity contribution in [2.75, 3.05) is 10.6 Å². The van der Waals surface area contributed by atoms with Gasteiger partial charge in [-0.3, -0.25) is 9.59 Å². The minimum Gasteiger partial charge on any atom is -0.506 e. The molecule has 2 amide bonds.